The number of phenolic OH excluding ortho intramolecular Hbond substituents is 1. The molecule has 2 aromatic carbocycles. The standard InChI is InChI=1S/C49H67F3I2N8O11/c1-2-31-22-30(23-35(54)47(31)73-33-10-11-38(63)34(53)25-33)24-36(55)48(69)59-32-12-17-62(18-13-32)44(66)9-7-8-42(64)58-16-21-70-20-14-43(65)57-15-5-3-4-6-19-71-29-39-46(68)45(67)37(28-72-39)60-41-27-56-26-40(61-41)49(50,51)52/h10-11,22-23,25-27,32,36-37,39,45-46,63,67-68H,2-9,12-21,24,28-29,55H2,1H3,(H,57,65)(H,58,64)(H,59,69)(H,60,61)/t36-,37-,39+,45+,46-/m0/s1. The van der Waals surface area contributed by atoms with Gasteiger partial charge in [0.15, 0.2) is 5.69 Å². The number of rotatable bonds is 28. The molecule has 0 bridgehead atoms. The predicted octanol–water partition coefficient (Wildman–Crippen LogP) is 4.73. The summed E-state index contributed by atoms with van der Waals surface area (Å²) >= 11 is 4.27. The first-order valence-corrected chi connectivity index (χ1v) is 26.7. The number of nitrogens with zero attached hydrogens (tertiary/aromatic N) is 3. The van der Waals surface area contributed by atoms with Crippen LogP contribution in [-0.4, -0.2) is 149 Å². The summed E-state index contributed by atoms with van der Waals surface area (Å²) < 4.78 is 63.3. The van der Waals surface area contributed by atoms with Gasteiger partial charge in [0.2, 0.25) is 23.6 Å². The lowest BCUT2D eigenvalue weighted by Gasteiger charge is -2.38. The van der Waals surface area contributed by atoms with Gasteiger partial charge < -0.3 is 66.2 Å². The number of phenols is 1. The van der Waals surface area contributed by atoms with E-state index in [1.54, 1.807) is 23.1 Å². The van der Waals surface area contributed by atoms with E-state index in [9.17, 15) is 47.7 Å². The van der Waals surface area contributed by atoms with Crippen molar-refractivity contribution in [2.45, 2.75) is 127 Å². The number of amides is 4. The number of aromatic hydroxyl groups is 1. The Morgan fingerprint density at radius 1 is 0.890 bits per heavy atom. The van der Waals surface area contributed by atoms with Gasteiger partial charge in [-0.1, -0.05) is 25.8 Å². The van der Waals surface area contributed by atoms with E-state index in [4.69, 9.17) is 24.7 Å². The van der Waals surface area contributed by atoms with Crippen LogP contribution < -0.4 is 31.7 Å². The third-order valence-corrected chi connectivity index (χ3v) is 13.9. The number of ether oxygens (including phenoxy) is 4. The van der Waals surface area contributed by atoms with Gasteiger partial charge in [-0.15, -0.1) is 0 Å². The van der Waals surface area contributed by atoms with Crippen LogP contribution in [0.1, 0.15) is 88.0 Å². The molecular weight excluding hydrogens is 1190 g/mol. The number of carbonyl (C=O) groups is 4. The highest BCUT2D eigenvalue weighted by Gasteiger charge is 2.39. The van der Waals surface area contributed by atoms with Crippen LogP contribution in [0.15, 0.2) is 42.7 Å². The van der Waals surface area contributed by atoms with E-state index in [2.05, 4.69) is 53.8 Å². The van der Waals surface area contributed by atoms with Crippen molar-refractivity contribution in [1.29, 1.82) is 0 Å². The molecule has 2 aliphatic heterocycles. The van der Waals surface area contributed by atoms with Gasteiger partial charge in [0, 0.05) is 58.1 Å². The molecule has 4 amide bonds. The number of hydrogen-bond donors (Lipinski definition) is 8. The Morgan fingerprint density at radius 3 is 2.37 bits per heavy atom. The Labute approximate surface area is 450 Å². The number of aryl methyl sites for hydroxylation is 1. The second kappa shape index (κ2) is 30.4. The van der Waals surface area contributed by atoms with Crippen LogP contribution in [0.5, 0.6) is 17.2 Å². The van der Waals surface area contributed by atoms with Crippen molar-refractivity contribution in [3.63, 3.8) is 0 Å². The van der Waals surface area contributed by atoms with Crippen molar-refractivity contribution >= 4 is 74.6 Å². The van der Waals surface area contributed by atoms with Crippen molar-refractivity contribution in [1.82, 2.24) is 30.8 Å². The van der Waals surface area contributed by atoms with Gasteiger partial charge in [-0.25, -0.2) is 4.98 Å². The zero-order valence-electron chi connectivity index (χ0n) is 40.8. The Hall–Kier alpha value is -4.19. The zero-order valence-corrected chi connectivity index (χ0v) is 45.1. The molecule has 19 nitrogen and oxygen atoms in total. The molecule has 0 radical (unpaired) electrons. The van der Waals surface area contributed by atoms with E-state index < -0.39 is 42.3 Å². The number of alkyl halides is 3. The molecule has 0 saturated carbocycles. The largest absolute Gasteiger partial charge is 0.507 e. The summed E-state index contributed by atoms with van der Waals surface area (Å²) in [5, 5.41) is 42.2. The maximum Gasteiger partial charge on any atom is 0.434 e. The molecule has 2 aliphatic rings. The maximum atomic E-state index is 13.1. The fourth-order valence-electron chi connectivity index (χ4n) is 8.10. The minimum atomic E-state index is -4.68. The third-order valence-electron chi connectivity index (χ3n) is 12.2. The van der Waals surface area contributed by atoms with Gasteiger partial charge in [-0.05, 0) is 126 Å². The van der Waals surface area contributed by atoms with Gasteiger partial charge in [-0.2, -0.15) is 13.2 Å². The van der Waals surface area contributed by atoms with Crippen molar-refractivity contribution in [2.75, 3.05) is 64.5 Å². The lowest BCUT2D eigenvalue weighted by molar-refractivity contribution is -0.159. The second-order valence-electron chi connectivity index (χ2n) is 17.9. The van der Waals surface area contributed by atoms with Crippen LogP contribution >= 0.6 is 45.2 Å². The van der Waals surface area contributed by atoms with Crippen LogP contribution in [0.3, 0.4) is 0 Å². The molecule has 73 heavy (non-hydrogen) atoms. The van der Waals surface area contributed by atoms with E-state index in [-0.39, 0.29) is 93.5 Å². The number of likely N-dealkylation sites (tertiary alicyclic amines) is 1. The number of piperidine rings is 1. The molecule has 0 spiro atoms. The average Bonchev–Trinajstić information content (AvgIpc) is 3.35. The molecule has 9 N–H and O–H groups in total. The minimum absolute atomic E-state index is 0.0210. The molecule has 404 valence electrons. The van der Waals surface area contributed by atoms with E-state index in [0.29, 0.717) is 73.9 Å². The summed E-state index contributed by atoms with van der Waals surface area (Å²) in [5.41, 5.74) is 7.09. The zero-order chi connectivity index (χ0) is 52.9. The highest BCUT2D eigenvalue weighted by atomic mass is 127. The summed E-state index contributed by atoms with van der Waals surface area (Å²) in [6.45, 7) is 4.56. The molecule has 2 saturated heterocycles. The molecule has 3 heterocycles. The number of benzene rings is 2. The van der Waals surface area contributed by atoms with Crippen LogP contribution in [0.4, 0.5) is 19.0 Å². The number of carbonyl (C=O) groups excluding carboxylic acids is 4. The first kappa shape index (κ1) is 59.7. The van der Waals surface area contributed by atoms with Crippen LogP contribution in [0.25, 0.3) is 0 Å². The summed E-state index contributed by atoms with van der Waals surface area (Å²) in [6.07, 6.45) is -0.0644. The lowest BCUT2D eigenvalue weighted by atomic mass is 9.98. The first-order chi connectivity index (χ1) is 34.9. The minimum Gasteiger partial charge on any atom is -0.507 e. The summed E-state index contributed by atoms with van der Waals surface area (Å²) in [7, 11) is 0. The van der Waals surface area contributed by atoms with E-state index in [1.807, 2.05) is 41.6 Å². The van der Waals surface area contributed by atoms with Gasteiger partial charge in [0.05, 0.1) is 58.0 Å². The lowest BCUT2D eigenvalue weighted by Crippen LogP contribution is -2.57. The molecule has 0 unspecified atom stereocenters. The molecule has 5 atom stereocenters. The van der Waals surface area contributed by atoms with Crippen LogP contribution in [0.2, 0.25) is 0 Å². The van der Waals surface area contributed by atoms with Crippen LogP contribution in [-0.2, 0) is 52.4 Å². The molecule has 2 fully saturated rings. The maximum absolute atomic E-state index is 13.1. The average molecular weight is 1250 g/mol. The number of aliphatic hydroxyl groups excluding tert-OH is 2. The summed E-state index contributed by atoms with van der Waals surface area (Å²) in [4.78, 5) is 59.3. The fourth-order valence-corrected chi connectivity index (χ4v) is 9.44. The molecular formula is C49H67F3I2N8O11. The smallest absolute Gasteiger partial charge is 0.434 e. The first-order valence-electron chi connectivity index (χ1n) is 24.6. The Kier molecular flexibility index (Phi) is 24.8. The Bertz CT molecular complexity index is 2260. The van der Waals surface area contributed by atoms with Gasteiger partial charge in [0.25, 0.3) is 0 Å². The monoisotopic (exact) mass is 1250 g/mol. The van der Waals surface area contributed by atoms with Gasteiger partial charge >= 0.3 is 6.18 Å². The number of halogens is 5. The van der Waals surface area contributed by atoms with Gasteiger partial charge in [0.1, 0.15) is 41.4 Å². The quantitative estimate of drug-likeness (QED) is 0.0361. The Morgan fingerprint density at radius 2 is 1.63 bits per heavy atom. The molecule has 24 heteroatoms. The molecule has 3 aromatic rings. The highest BCUT2D eigenvalue weighted by molar-refractivity contribution is 14.1. The number of nitrogens with one attached hydrogen (secondary N) is 4. The number of aliphatic hydroxyl groups is 2. The van der Waals surface area contributed by atoms with E-state index >= 15 is 0 Å². The SMILES string of the molecule is CCc1cc(C[C@H](N)C(=O)NC2CCN(C(=O)CCCC(=O)NCCOCCC(=O)NCCCCCCOC[C@H]3OC[C@H](Nc4cncc(C(F)(F)F)n4)[C@@H](O)[C@H]3O)CC2)cc(I)c1Oc1ccc(O)c(I)c1. The summed E-state index contributed by atoms with van der Waals surface area (Å²) in [5.74, 6) is 0.712. The second-order valence-corrected chi connectivity index (χ2v) is 20.2. The van der Waals surface area contributed by atoms with Crippen LogP contribution in [0, 0.1) is 7.14 Å². The summed E-state index contributed by atoms with van der Waals surface area (Å²) in [6, 6.07) is 7.29. The Balaban J connectivity index is 0.815. The molecule has 5 rings (SSSR count). The molecule has 1 aromatic heterocycles. The van der Waals surface area contributed by atoms with Crippen molar-refractivity contribution in [2.24, 2.45) is 5.73 Å². The predicted molar refractivity (Wildman–Crippen MR) is 280 cm³/mol. The molecule has 0 aliphatic carbocycles. The topological polar surface area (TPSA) is 269 Å². The van der Waals surface area contributed by atoms with E-state index in [0.717, 1.165) is 52.3 Å². The third kappa shape index (κ3) is 20.1. The van der Waals surface area contributed by atoms with Gasteiger partial charge in [-0.3, -0.25) is 24.2 Å². The number of hydrogen-bond acceptors (Lipinski definition) is 15. The number of aromatic nitrogens is 2. The van der Waals surface area contributed by atoms with Crippen molar-refractivity contribution in [3.8, 4) is 17.2 Å². The van der Waals surface area contributed by atoms with E-state index in [1.165, 1.54) is 0 Å². The highest BCUT2D eigenvalue weighted by Crippen LogP contribution is 2.35. The fraction of sp³-hybridized carbons (Fsp3) is 0.592. The number of unbranched alkanes of at least 4 members (excludes halogenated alkanes) is 3. The number of nitrogens with two attached hydrogens (primary N) is 1. The number of anilines is 1. The van der Waals surface area contributed by atoms with Crippen molar-refractivity contribution in [3.05, 3.63) is 66.7 Å². The normalized spacial score (nSPS) is 18.7. The van der Waals surface area contributed by atoms with Crippen molar-refractivity contribution < 1.29 is 66.6 Å².